The third-order valence-corrected chi connectivity index (χ3v) is 4.11. The zero-order valence-corrected chi connectivity index (χ0v) is 13.7. The SMILES string of the molecule is COC1CN(C(=O)c2cc(=O)n3nc(C(C)C)c(C)cc3n2)C1. The van der Waals surface area contributed by atoms with Crippen LogP contribution in [0.3, 0.4) is 0 Å². The lowest BCUT2D eigenvalue weighted by molar-refractivity contribution is -0.0194. The van der Waals surface area contributed by atoms with E-state index in [2.05, 4.69) is 10.1 Å². The second-order valence-electron chi connectivity index (χ2n) is 6.18. The molecule has 7 heteroatoms. The second kappa shape index (κ2) is 5.73. The Morgan fingerprint density at radius 3 is 2.65 bits per heavy atom. The molecule has 0 spiro atoms. The molecule has 1 aliphatic heterocycles. The summed E-state index contributed by atoms with van der Waals surface area (Å²) in [6.07, 6.45) is 0.0676. The van der Waals surface area contributed by atoms with Crippen LogP contribution in [0.5, 0.6) is 0 Å². The number of carbonyl (C=O) groups excluding carboxylic acids is 1. The van der Waals surface area contributed by atoms with E-state index in [0.717, 1.165) is 11.3 Å². The Labute approximate surface area is 133 Å². The van der Waals surface area contributed by atoms with Crippen LogP contribution < -0.4 is 5.56 Å². The van der Waals surface area contributed by atoms with Crippen LogP contribution in [0.4, 0.5) is 0 Å². The molecule has 122 valence electrons. The molecule has 0 aliphatic carbocycles. The molecule has 0 bridgehead atoms. The van der Waals surface area contributed by atoms with Crippen LogP contribution in [-0.4, -0.2) is 51.7 Å². The predicted molar refractivity (Wildman–Crippen MR) is 84.8 cm³/mol. The molecule has 23 heavy (non-hydrogen) atoms. The molecular formula is C16H20N4O3. The fraction of sp³-hybridized carbons (Fsp3) is 0.500. The first kappa shape index (κ1) is 15.6. The molecule has 2 aromatic rings. The Morgan fingerprint density at radius 1 is 1.35 bits per heavy atom. The first-order valence-electron chi connectivity index (χ1n) is 7.64. The van der Waals surface area contributed by atoms with Crippen molar-refractivity contribution >= 4 is 11.6 Å². The van der Waals surface area contributed by atoms with Crippen LogP contribution in [0, 0.1) is 6.92 Å². The monoisotopic (exact) mass is 316 g/mol. The summed E-state index contributed by atoms with van der Waals surface area (Å²) < 4.78 is 6.41. The van der Waals surface area contributed by atoms with Crippen molar-refractivity contribution in [2.75, 3.05) is 20.2 Å². The second-order valence-corrected chi connectivity index (χ2v) is 6.18. The summed E-state index contributed by atoms with van der Waals surface area (Å²) in [5.74, 6) is -0.0387. The number of aromatic nitrogens is 3. The van der Waals surface area contributed by atoms with E-state index in [1.165, 1.54) is 10.6 Å². The number of carbonyl (C=O) groups is 1. The van der Waals surface area contributed by atoms with Gasteiger partial charge in [-0.25, -0.2) is 4.98 Å². The van der Waals surface area contributed by atoms with Crippen molar-refractivity contribution in [3.63, 3.8) is 0 Å². The average Bonchev–Trinajstić information content (AvgIpc) is 2.44. The lowest BCUT2D eigenvalue weighted by atomic mass is 10.1. The fourth-order valence-electron chi connectivity index (χ4n) is 2.74. The number of fused-ring (bicyclic) bond motifs is 1. The topological polar surface area (TPSA) is 76.8 Å². The van der Waals surface area contributed by atoms with E-state index in [0.29, 0.717) is 18.7 Å². The molecule has 0 saturated carbocycles. The molecule has 1 fully saturated rings. The van der Waals surface area contributed by atoms with Crippen LogP contribution in [0.2, 0.25) is 0 Å². The van der Waals surface area contributed by atoms with Gasteiger partial charge in [0.05, 0.1) is 11.8 Å². The standard InChI is InChI=1S/C16H20N4O3/c1-9(2)15-10(3)5-13-17-12(6-14(21)20(13)18-15)16(22)19-7-11(8-19)23-4/h5-6,9,11H,7-8H2,1-4H3. The number of hydrogen-bond donors (Lipinski definition) is 0. The number of ether oxygens (including phenoxy) is 1. The zero-order chi connectivity index (χ0) is 16.7. The normalized spacial score (nSPS) is 15.3. The maximum atomic E-state index is 12.4. The summed E-state index contributed by atoms with van der Waals surface area (Å²) in [5.41, 5.74) is 2.02. The van der Waals surface area contributed by atoms with E-state index in [9.17, 15) is 9.59 Å². The van der Waals surface area contributed by atoms with Gasteiger partial charge in [-0.15, -0.1) is 0 Å². The van der Waals surface area contributed by atoms with E-state index in [1.807, 2.05) is 20.8 Å². The highest BCUT2D eigenvalue weighted by Crippen LogP contribution is 2.17. The van der Waals surface area contributed by atoms with E-state index in [4.69, 9.17) is 4.74 Å². The minimum absolute atomic E-state index is 0.0676. The first-order valence-corrected chi connectivity index (χ1v) is 7.64. The van der Waals surface area contributed by atoms with Crippen molar-refractivity contribution in [3.8, 4) is 0 Å². The van der Waals surface area contributed by atoms with Gasteiger partial charge in [-0.2, -0.15) is 9.61 Å². The van der Waals surface area contributed by atoms with Crippen LogP contribution in [-0.2, 0) is 4.74 Å². The molecule has 0 radical (unpaired) electrons. The summed E-state index contributed by atoms with van der Waals surface area (Å²) in [6.45, 7) is 7.03. The number of hydrogen-bond acceptors (Lipinski definition) is 5. The molecule has 0 unspecified atom stereocenters. The molecule has 0 atom stereocenters. The van der Waals surface area contributed by atoms with Gasteiger partial charge in [0, 0.05) is 26.3 Å². The van der Waals surface area contributed by atoms with E-state index < -0.39 is 0 Å². The lowest BCUT2D eigenvalue weighted by Gasteiger charge is -2.37. The van der Waals surface area contributed by atoms with E-state index in [-0.39, 0.29) is 29.2 Å². The van der Waals surface area contributed by atoms with Gasteiger partial charge in [-0.1, -0.05) is 13.8 Å². The van der Waals surface area contributed by atoms with Gasteiger partial charge in [0.15, 0.2) is 5.65 Å². The lowest BCUT2D eigenvalue weighted by Crippen LogP contribution is -2.54. The van der Waals surface area contributed by atoms with E-state index in [1.54, 1.807) is 18.1 Å². The van der Waals surface area contributed by atoms with Gasteiger partial charge in [0.1, 0.15) is 5.69 Å². The first-order chi connectivity index (χ1) is 10.9. The minimum Gasteiger partial charge on any atom is -0.378 e. The Balaban J connectivity index is 2.00. The van der Waals surface area contributed by atoms with Gasteiger partial charge >= 0.3 is 0 Å². The summed E-state index contributed by atoms with van der Waals surface area (Å²) in [7, 11) is 1.62. The van der Waals surface area contributed by atoms with Crippen LogP contribution >= 0.6 is 0 Å². The van der Waals surface area contributed by atoms with Crippen molar-refractivity contribution in [2.24, 2.45) is 0 Å². The number of methoxy groups -OCH3 is 1. The molecule has 1 saturated heterocycles. The maximum Gasteiger partial charge on any atom is 0.275 e. The van der Waals surface area contributed by atoms with Crippen molar-refractivity contribution in [1.29, 1.82) is 0 Å². The van der Waals surface area contributed by atoms with Crippen molar-refractivity contribution in [1.82, 2.24) is 19.5 Å². The van der Waals surface area contributed by atoms with Crippen molar-refractivity contribution < 1.29 is 9.53 Å². The summed E-state index contributed by atoms with van der Waals surface area (Å²) >= 11 is 0. The fourth-order valence-corrected chi connectivity index (χ4v) is 2.74. The number of likely N-dealkylation sites (tertiary alicyclic amines) is 1. The van der Waals surface area contributed by atoms with Gasteiger partial charge in [-0.3, -0.25) is 9.59 Å². The Morgan fingerprint density at radius 2 is 2.04 bits per heavy atom. The molecule has 7 nitrogen and oxygen atoms in total. The van der Waals surface area contributed by atoms with Crippen molar-refractivity contribution in [3.05, 3.63) is 39.4 Å². The molecule has 1 aliphatic rings. The van der Waals surface area contributed by atoms with Gasteiger partial charge in [0.2, 0.25) is 0 Å². The molecule has 0 N–H and O–H groups in total. The zero-order valence-electron chi connectivity index (χ0n) is 13.7. The smallest absolute Gasteiger partial charge is 0.275 e. The average molecular weight is 316 g/mol. The number of aryl methyl sites for hydroxylation is 1. The minimum atomic E-state index is -0.343. The summed E-state index contributed by atoms with van der Waals surface area (Å²) in [4.78, 5) is 30.6. The summed E-state index contributed by atoms with van der Waals surface area (Å²) in [5, 5.41) is 4.38. The predicted octanol–water partition coefficient (Wildman–Crippen LogP) is 0.992. The highest BCUT2D eigenvalue weighted by molar-refractivity contribution is 5.93. The Kier molecular flexibility index (Phi) is 3.89. The molecule has 0 aromatic carbocycles. The largest absolute Gasteiger partial charge is 0.378 e. The van der Waals surface area contributed by atoms with Crippen LogP contribution in [0.25, 0.3) is 5.65 Å². The Bertz CT molecular complexity index is 822. The highest BCUT2D eigenvalue weighted by atomic mass is 16.5. The quantitative estimate of drug-likeness (QED) is 0.844. The number of rotatable bonds is 3. The van der Waals surface area contributed by atoms with Crippen molar-refractivity contribution in [2.45, 2.75) is 32.8 Å². The van der Waals surface area contributed by atoms with Crippen LogP contribution in [0.15, 0.2) is 16.9 Å². The van der Waals surface area contributed by atoms with Gasteiger partial charge in [0.25, 0.3) is 11.5 Å². The van der Waals surface area contributed by atoms with Gasteiger partial charge in [-0.05, 0) is 24.5 Å². The summed E-state index contributed by atoms with van der Waals surface area (Å²) in [6, 6.07) is 3.05. The Hall–Kier alpha value is -2.28. The molecular weight excluding hydrogens is 296 g/mol. The van der Waals surface area contributed by atoms with Crippen LogP contribution in [0.1, 0.15) is 41.5 Å². The third kappa shape index (κ3) is 2.72. The molecule has 3 heterocycles. The number of amides is 1. The third-order valence-electron chi connectivity index (χ3n) is 4.11. The number of nitrogens with zero attached hydrogens (tertiary/aromatic N) is 4. The maximum absolute atomic E-state index is 12.4. The molecule has 1 amide bonds. The molecule has 2 aromatic heterocycles. The highest BCUT2D eigenvalue weighted by Gasteiger charge is 2.32. The van der Waals surface area contributed by atoms with E-state index >= 15 is 0 Å². The molecule has 3 rings (SSSR count). The van der Waals surface area contributed by atoms with Gasteiger partial charge < -0.3 is 9.64 Å².